The summed E-state index contributed by atoms with van der Waals surface area (Å²) in [5, 5.41) is 2.02. The van der Waals surface area contributed by atoms with Crippen LogP contribution in [0.4, 0.5) is 0 Å². The van der Waals surface area contributed by atoms with E-state index in [-0.39, 0.29) is 5.57 Å². The number of hydrogen-bond acceptors (Lipinski definition) is 2. The molecule has 0 aliphatic rings. The standard InChI is InChI=1S/C10H9NO2/c1-8(10(13)11-7-12)9-5-3-2-4-6-9/h2-7H,1H2,(H,11,12,13). The summed E-state index contributed by atoms with van der Waals surface area (Å²) >= 11 is 0. The molecular formula is C10H9NO2. The molecule has 0 unspecified atom stereocenters. The number of hydrogen-bond donors (Lipinski definition) is 1. The second kappa shape index (κ2) is 4.21. The Morgan fingerprint density at radius 2 is 1.92 bits per heavy atom. The van der Waals surface area contributed by atoms with E-state index < -0.39 is 5.91 Å². The molecule has 1 aromatic rings. The van der Waals surface area contributed by atoms with Crippen LogP contribution in [0.1, 0.15) is 5.56 Å². The van der Waals surface area contributed by atoms with Crippen LogP contribution < -0.4 is 5.32 Å². The smallest absolute Gasteiger partial charge is 0.257 e. The lowest BCUT2D eigenvalue weighted by Gasteiger charge is -2.01. The molecule has 0 aromatic heterocycles. The maximum absolute atomic E-state index is 11.1. The van der Waals surface area contributed by atoms with Crippen molar-refractivity contribution < 1.29 is 9.59 Å². The Bertz CT molecular complexity index is 330. The van der Waals surface area contributed by atoms with E-state index in [2.05, 4.69) is 6.58 Å². The number of benzene rings is 1. The molecule has 0 aliphatic heterocycles. The summed E-state index contributed by atoms with van der Waals surface area (Å²) in [5.74, 6) is -0.471. The second-order valence-electron chi connectivity index (χ2n) is 2.44. The van der Waals surface area contributed by atoms with Crippen molar-refractivity contribution >= 4 is 17.9 Å². The van der Waals surface area contributed by atoms with Gasteiger partial charge in [-0.3, -0.25) is 14.9 Å². The molecule has 0 aliphatic carbocycles. The average molecular weight is 175 g/mol. The second-order valence-corrected chi connectivity index (χ2v) is 2.44. The summed E-state index contributed by atoms with van der Waals surface area (Å²) in [7, 11) is 0. The number of nitrogens with one attached hydrogen (secondary N) is 1. The third kappa shape index (κ3) is 2.27. The molecule has 13 heavy (non-hydrogen) atoms. The fraction of sp³-hybridized carbons (Fsp3) is 0. The molecular weight excluding hydrogens is 166 g/mol. The average Bonchev–Trinajstić information content (AvgIpc) is 2.18. The highest BCUT2D eigenvalue weighted by molar-refractivity contribution is 6.21. The number of imide groups is 1. The number of carbonyl (C=O) groups excluding carboxylic acids is 2. The third-order valence-electron chi connectivity index (χ3n) is 1.59. The normalized spacial score (nSPS) is 8.92. The molecule has 3 heteroatoms. The Morgan fingerprint density at radius 3 is 2.46 bits per heavy atom. The van der Waals surface area contributed by atoms with E-state index in [1.807, 2.05) is 11.4 Å². The highest BCUT2D eigenvalue weighted by atomic mass is 16.2. The van der Waals surface area contributed by atoms with Gasteiger partial charge in [-0.2, -0.15) is 0 Å². The SMILES string of the molecule is C=C(C(=O)NC=O)c1ccccc1. The number of rotatable bonds is 3. The van der Waals surface area contributed by atoms with Crippen LogP contribution in [0.15, 0.2) is 36.9 Å². The number of amides is 2. The molecule has 0 saturated heterocycles. The zero-order chi connectivity index (χ0) is 9.68. The van der Waals surface area contributed by atoms with Gasteiger partial charge < -0.3 is 0 Å². The minimum absolute atomic E-state index is 0.285. The van der Waals surface area contributed by atoms with Crippen LogP contribution in [-0.4, -0.2) is 12.3 Å². The van der Waals surface area contributed by atoms with Crippen LogP contribution in [0, 0.1) is 0 Å². The molecule has 0 radical (unpaired) electrons. The minimum atomic E-state index is -0.471. The predicted octanol–water partition coefficient (Wildman–Crippen LogP) is 0.972. The van der Waals surface area contributed by atoms with Crippen molar-refractivity contribution in [1.29, 1.82) is 0 Å². The van der Waals surface area contributed by atoms with Crippen LogP contribution >= 0.6 is 0 Å². The van der Waals surface area contributed by atoms with Gasteiger partial charge in [0.2, 0.25) is 6.41 Å². The Kier molecular flexibility index (Phi) is 2.97. The van der Waals surface area contributed by atoms with Gasteiger partial charge in [-0.25, -0.2) is 0 Å². The van der Waals surface area contributed by atoms with Gasteiger partial charge in [0.05, 0.1) is 0 Å². The molecule has 0 spiro atoms. The van der Waals surface area contributed by atoms with Gasteiger partial charge >= 0.3 is 0 Å². The Labute approximate surface area is 76.1 Å². The van der Waals surface area contributed by atoms with E-state index in [0.29, 0.717) is 12.0 Å². The molecule has 0 bridgehead atoms. The first kappa shape index (κ1) is 9.19. The van der Waals surface area contributed by atoms with E-state index in [1.54, 1.807) is 24.3 Å². The molecule has 1 N–H and O–H groups in total. The molecule has 66 valence electrons. The quantitative estimate of drug-likeness (QED) is 0.549. The van der Waals surface area contributed by atoms with Crippen LogP contribution in [0.5, 0.6) is 0 Å². The van der Waals surface area contributed by atoms with E-state index in [0.717, 1.165) is 0 Å². The van der Waals surface area contributed by atoms with Crippen molar-refractivity contribution in [2.75, 3.05) is 0 Å². The van der Waals surface area contributed by atoms with Gasteiger partial charge in [0.15, 0.2) is 0 Å². The lowest BCUT2D eigenvalue weighted by molar-refractivity contribution is -0.121. The van der Waals surface area contributed by atoms with Crippen LogP contribution in [0.25, 0.3) is 5.57 Å². The van der Waals surface area contributed by atoms with Gasteiger partial charge in [0, 0.05) is 5.57 Å². The summed E-state index contributed by atoms with van der Waals surface area (Å²) in [4.78, 5) is 21.1. The molecule has 0 atom stereocenters. The third-order valence-corrected chi connectivity index (χ3v) is 1.59. The van der Waals surface area contributed by atoms with Crippen molar-refractivity contribution in [3.8, 4) is 0 Å². The topological polar surface area (TPSA) is 46.2 Å². The minimum Gasteiger partial charge on any atom is -0.295 e. The fourth-order valence-electron chi connectivity index (χ4n) is 0.911. The lowest BCUT2D eigenvalue weighted by atomic mass is 10.1. The molecule has 1 rings (SSSR count). The summed E-state index contributed by atoms with van der Waals surface area (Å²) in [6.07, 6.45) is 0.344. The van der Waals surface area contributed by atoms with Crippen molar-refractivity contribution in [1.82, 2.24) is 5.32 Å². The Morgan fingerprint density at radius 1 is 1.31 bits per heavy atom. The molecule has 0 fully saturated rings. The van der Waals surface area contributed by atoms with Gasteiger partial charge in [-0.05, 0) is 5.56 Å². The molecule has 0 heterocycles. The van der Waals surface area contributed by atoms with Crippen molar-refractivity contribution in [3.05, 3.63) is 42.5 Å². The largest absolute Gasteiger partial charge is 0.295 e. The molecule has 1 aromatic carbocycles. The van der Waals surface area contributed by atoms with Gasteiger partial charge in [-0.1, -0.05) is 36.9 Å². The van der Waals surface area contributed by atoms with Crippen molar-refractivity contribution in [3.63, 3.8) is 0 Å². The van der Waals surface area contributed by atoms with Crippen LogP contribution in [0.2, 0.25) is 0 Å². The number of carbonyl (C=O) groups is 2. The van der Waals surface area contributed by atoms with Gasteiger partial charge in [0.25, 0.3) is 5.91 Å². The summed E-state index contributed by atoms with van der Waals surface area (Å²) in [6, 6.07) is 8.96. The van der Waals surface area contributed by atoms with E-state index >= 15 is 0 Å². The van der Waals surface area contributed by atoms with Gasteiger partial charge in [-0.15, -0.1) is 0 Å². The summed E-state index contributed by atoms with van der Waals surface area (Å²) in [6.45, 7) is 3.57. The lowest BCUT2D eigenvalue weighted by Crippen LogP contribution is -2.21. The van der Waals surface area contributed by atoms with Crippen LogP contribution in [-0.2, 0) is 9.59 Å². The predicted molar refractivity (Wildman–Crippen MR) is 49.7 cm³/mol. The Hall–Kier alpha value is -1.90. The van der Waals surface area contributed by atoms with E-state index in [9.17, 15) is 9.59 Å². The zero-order valence-corrected chi connectivity index (χ0v) is 6.99. The summed E-state index contributed by atoms with van der Waals surface area (Å²) in [5.41, 5.74) is 0.995. The maximum Gasteiger partial charge on any atom is 0.257 e. The first-order valence-electron chi connectivity index (χ1n) is 3.74. The maximum atomic E-state index is 11.1. The molecule has 3 nitrogen and oxygen atoms in total. The Balaban J connectivity index is 2.80. The first-order valence-corrected chi connectivity index (χ1v) is 3.74. The van der Waals surface area contributed by atoms with E-state index in [4.69, 9.17) is 0 Å². The monoisotopic (exact) mass is 175 g/mol. The highest BCUT2D eigenvalue weighted by Gasteiger charge is 2.06. The fourth-order valence-corrected chi connectivity index (χ4v) is 0.911. The van der Waals surface area contributed by atoms with Gasteiger partial charge in [0.1, 0.15) is 0 Å². The molecule has 0 saturated carbocycles. The summed E-state index contributed by atoms with van der Waals surface area (Å²) < 4.78 is 0. The van der Waals surface area contributed by atoms with E-state index in [1.165, 1.54) is 0 Å². The van der Waals surface area contributed by atoms with Crippen molar-refractivity contribution in [2.24, 2.45) is 0 Å². The van der Waals surface area contributed by atoms with Crippen LogP contribution in [0.3, 0.4) is 0 Å². The molecule has 2 amide bonds. The van der Waals surface area contributed by atoms with Crippen molar-refractivity contribution in [2.45, 2.75) is 0 Å². The zero-order valence-electron chi connectivity index (χ0n) is 6.99. The highest BCUT2D eigenvalue weighted by Crippen LogP contribution is 2.10. The first-order chi connectivity index (χ1) is 6.25.